The second-order valence-electron chi connectivity index (χ2n) is 4.24. The Morgan fingerprint density at radius 2 is 2.14 bits per heavy atom. The van der Waals surface area contributed by atoms with E-state index in [1.165, 1.54) is 36.6 Å². The van der Waals surface area contributed by atoms with Crippen molar-refractivity contribution in [2.24, 2.45) is 0 Å². The van der Waals surface area contributed by atoms with E-state index in [9.17, 15) is 14.9 Å². The number of nitrogens with zero attached hydrogens (tertiary/aromatic N) is 2. The average molecular weight is 307 g/mol. The molecule has 0 saturated heterocycles. The molecule has 0 aliphatic rings. The molecular formula is C13H13N3O4S. The zero-order valence-electron chi connectivity index (χ0n) is 11.7. The molecule has 0 radical (unpaired) electrons. The quantitative estimate of drug-likeness (QED) is 0.692. The van der Waals surface area contributed by atoms with Crippen LogP contribution in [0.2, 0.25) is 0 Å². The lowest BCUT2D eigenvalue weighted by molar-refractivity contribution is -0.384. The first-order valence-electron chi connectivity index (χ1n) is 6.00. The molecule has 1 aromatic heterocycles. The van der Waals surface area contributed by atoms with Gasteiger partial charge in [0.2, 0.25) is 0 Å². The number of aromatic nitrogens is 1. The number of carbonyl (C=O) groups is 1. The summed E-state index contributed by atoms with van der Waals surface area (Å²) >= 11 is 1.27. The lowest BCUT2D eigenvalue weighted by atomic mass is 10.2. The molecule has 0 fully saturated rings. The van der Waals surface area contributed by atoms with Crippen molar-refractivity contribution in [1.29, 1.82) is 0 Å². The number of aryl methyl sites for hydroxylation is 2. The van der Waals surface area contributed by atoms with Crippen LogP contribution in [-0.2, 0) is 0 Å². The van der Waals surface area contributed by atoms with E-state index in [-0.39, 0.29) is 17.3 Å². The minimum absolute atomic E-state index is 0.122. The number of nitro benzene ring substituents is 1. The summed E-state index contributed by atoms with van der Waals surface area (Å²) in [6, 6.07) is 4.02. The van der Waals surface area contributed by atoms with Gasteiger partial charge in [-0.3, -0.25) is 14.9 Å². The molecule has 2 aromatic rings. The number of hydrogen-bond acceptors (Lipinski definition) is 6. The number of anilines is 1. The van der Waals surface area contributed by atoms with E-state index in [1.54, 1.807) is 6.92 Å². The molecule has 0 unspecified atom stereocenters. The van der Waals surface area contributed by atoms with Crippen LogP contribution >= 0.6 is 11.3 Å². The maximum Gasteiger partial charge on any atom is 0.271 e. The smallest absolute Gasteiger partial charge is 0.271 e. The number of carbonyl (C=O) groups excluding carboxylic acids is 1. The number of non-ortho nitro benzene ring substituents is 1. The van der Waals surface area contributed by atoms with Crippen molar-refractivity contribution < 1.29 is 14.5 Å². The minimum atomic E-state index is -0.531. The molecule has 21 heavy (non-hydrogen) atoms. The summed E-state index contributed by atoms with van der Waals surface area (Å²) < 4.78 is 5.10. The molecule has 1 N–H and O–H groups in total. The zero-order chi connectivity index (χ0) is 15.6. The normalized spacial score (nSPS) is 10.2. The lowest BCUT2D eigenvalue weighted by Crippen LogP contribution is -2.12. The molecule has 1 aromatic carbocycles. The Morgan fingerprint density at radius 1 is 1.43 bits per heavy atom. The second-order valence-corrected chi connectivity index (χ2v) is 5.45. The SMILES string of the molecule is COc1ccc([N+](=O)[O-])cc1NC(=O)c1sc(C)nc1C. The van der Waals surface area contributed by atoms with Crippen molar-refractivity contribution in [2.75, 3.05) is 12.4 Å². The Morgan fingerprint density at radius 3 is 2.67 bits per heavy atom. The molecule has 0 spiro atoms. The summed E-state index contributed by atoms with van der Waals surface area (Å²) in [5.74, 6) is -0.00950. The predicted octanol–water partition coefficient (Wildman–Crippen LogP) is 2.93. The first kappa shape index (κ1) is 14.9. The van der Waals surface area contributed by atoms with E-state index < -0.39 is 4.92 Å². The average Bonchev–Trinajstić information content (AvgIpc) is 2.77. The standard InChI is InChI=1S/C13H13N3O4S/c1-7-12(21-8(2)14-7)13(17)15-10-6-9(16(18)19)4-5-11(10)20-3/h4-6H,1-3H3,(H,15,17). The highest BCUT2D eigenvalue weighted by molar-refractivity contribution is 7.13. The molecule has 110 valence electrons. The van der Waals surface area contributed by atoms with Gasteiger partial charge in [0, 0.05) is 12.1 Å². The van der Waals surface area contributed by atoms with E-state index in [0.29, 0.717) is 16.3 Å². The summed E-state index contributed by atoms with van der Waals surface area (Å²) in [5.41, 5.74) is 0.754. The van der Waals surface area contributed by atoms with E-state index in [1.807, 2.05) is 6.92 Å². The lowest BCUT2D eigenvalue weighted by Gasteiger charge is -2.09. The zero-order valence-corrected chi connectivity index (χ0v) is 12.5. The Bertz CT molecular complexity index is 711. The first-order valence-corrected chi connectivity index (χ1v) is 6.82. The number of benzene rings is 1. The third-order valence-corrected chi connectivity index (χ3v) is 3.82. The third kappa shape index (κ3) is 3.16. The minimum Gasteiger partial charge on any atom is -0.495 e. The molecule has 0 atom stereocenters. The number of thiazole rings is 1. The highest BCUT2D eigenvalue weighted by atomic mass is 32.1. The van der Waals surface area contributed by atoms with Crippen LogP contribution in [0.1, 0.15) is 20.4 Å². The van der Waals surface area contributed by atoms with Gasteiger partial charge in [0.05, 0.1) is 28.4 Å². The number of nitrogens with one attached hydrogen (secondary N) is 1. The topological polar surface area (TPSA) is 94.4 Å². The van der Waals surface area contributed by atoms with Gasteiger partial charge >= 0.3 is 0 Å². The Balaban J connectivity index is 2.33. The summed E-state index contributed by atoms with van der Waals surface area (Å²) in [6.45, 7) is 3.55. The Labute approximate surface area is 124 Å². The monoisotopic (exact) mass is 307 g/mol. The van der Waals surface area contributed by atoms with Crippen molar-refractivity contribution in [3.63, 3.8) is 0 Å². The van der Waals surface area contributed by atoms with E-state index in [0.717, 1.165) is 5.01 Å². The molecule has 0 saturated carbocycles. The number of amides is 1. The van der Waals surface area contributed by atoms with Crippen molar-refractivity contribution in [3.05, 3.63) is 43.9 Å². The summed E-state index contributed by atoms with van der Waals surface area (Å²) in [7, 11) is 1.43. The molecule has 0 bridgehead atoms. The van der Waals surface area contributed by atoms with Gasteiger partial charge in [0.25, 0.3) is 11.6 Å². The summed E-state index contributed by atoms with van der Waals surface area (Å²) in [5, 5.41) is 14.2. The summed E-state index contributed by atoms with van der Waals surface area (Å²) in [4.78, 5) is 27.2. The van der Waals surface area contributed by atoms with Gasteiger partial charge < -0.3 is 10.1 Å². The fourth-order valence-electron chi connectivity index (χ4n) is 1.83. The Hall–Kier alpha value is -2.48. The summed E-state index contributed by atoms with van der Waals surface area (Å²) in [6.07, 6.45) is 0. The maximum absolute atomic E-state index is 12.2. The van der Waals surface area contributed by atoms with Gasteiger partial charge in [0.1, 0.15) is 10.6 Å². The van der Waals surface area contributed by atoms with E-state index >= 15 is 0 Å². The fourth-order valence-corrected chi connectivity index (χ4v) is 2.64. The molecule has 2 rings (SSSR count). The first-order chi connectivity index (χ1) is 9.92. The number of methoxy groups -OCH3 is 1. The van der Waals surface area contributed by atoms with Crippen molar-refractivity contribution in [2.45, 2.75) is 13.8 Å². The van der Waals surface area contributed by atoms with Gasteiger partial charge in [-0.15, -0.1) is 11.3 Å². The number of rotatable bonds is 4. The van der Waals surface area contributed by atoms with E-state index in [4.69, 9.17) is 4.74 Å². The van der Waals surface area contributed by atoms with Crippen LogP contribution in [0.15, 0.2) is 18.2 Å². The van der Waals surface area contributed by atoms with Gasteiger partial charge in [-0.1, -0.05) is 0 Å². The van der Waals surface area contributed by atoms with E-state index in [2.05, 4.69) is 10.3 Å². The maximum atomic E-state index is 12.2. The number of ether oxygens (including phenoxy) is 1. The van der Waals surface area contributed by atoms with Crippen LogP contribution < -0.4 is 10.1 Å². The highest BCUT2D eigenvalue weighted by Crippen LogP contribution is 2.30. The molecular weight excluding hydrogens is 294 g/mol. The van der Waals surface area contributed by atoms with Crippen LogP contribution in [0.25, 0.3) is 0 Å². The second kappa shape index (κ2) is 5.88. The van der Waals surface area contributed by atoms with Crippen molar-refractivity contribution in [1.82, 2.24) is 4.98 Å². The molecule has 1 heterocycles. The molecule has 1 amide bonds. The van der Waals surface area contributed by atoms with Crippen LogP contribution in [0, 0.1) is 24.0 Å². The number of hydrogen-bond donors (Lipinski definition) is 1. The van der Waals surface area contributed by atoms with Crippen LogP contribution in [0.4, 0.5) is 11.4 Å². The largest absolute Gasteiger partial charge is 0.495 e. The van der Waals surface area contributed by atoms with Gasteiger partial charge in [-0.05, 0) is 19.9 Å². The molecule has 0 aliphatic heterocycles. The Kier molecular flexibility index (Phi) is 4.18. The third-order valence-electron chi connectivity index (χ3n) is 2.75. The van der Waals surface area contributed by atoms with Gasteiger partial charge in [0.15, 0.2) is 0 Å². The fraction of sp³-hybridized carbons (Fsp3) is 0.231. The molecule has 8 heteroatoms. The van der Waals surface area contributed by atoms with Crippen molar-refractivity contribution in [3.8, 4) is 5.75 Å². The van der Waals surface area contributed by atoms with Gasteiger partial charge in [-0.2, -0.15) is 0 Å². The van der Waals surface area contributed by atoms with Crippen LogP contribution in [-0.4, -0.2) is 22.9 Å². The number of nitro groups is 1. The van der Waals surface area contributed by atoms with Crippen LogP contribution in [0.5, 0.6) is 5.75 Å². The predicted molar refractivity (Wildman–Crippen MR) is 79.2 cm³/mol. The van der Waals surface area contributed by atoms with Crippen molar-refractivity contribution >= 4 is 28.6 Å². The van der Waals surface area contributed by atoms with Crippen LogP contribution in [0.3, 0.4) is 0 Å². The molecule has 7 nitrogen and oxygen atoms in total. The van der Waals surface area contributed by atoms with Gasteiger partial charge in [-0.25, -0.2) is 4.98 Å². The highest BCUT2D eigenvalue weighted by Gasteiger charge is 2.18. The molecule has 0 aliphatic carbocycles.